The van der Waals surface area contributed by atoms with Gasteiger partial charge in [-0.3, -0.25) is 4.79 Å². The highest BCUT2D eigenvalue weighted by Gasteiger charge is 2.28. The molecule has 1 saturated carbocycles. The molecular formula is C16H30N2O3. The standard InChI is InChI=1S/C16H30N2O3/c1-3-21-16(19)13-4-6-14(7-5-13)18-12(2)10-15-11-20-9-8-17-15/h12-15,17-18H,3-11H2,1-2H3. The van der Waals surface area contributed by atoms with E-state index in [0.29, 0.717) is 24.7 Å². The molecular weight excluding hydrogens is 268 g/mol. The average molecular weight is 298 g/mol. The van der Waals surface area contributed by atoms with Crippen LogP contribution in [0.2, 0.25) is 0 Å². The molecule has 1 saturated heterocycles. The Labute approximate surface area is 128 Å². The maximum Gasteiger partial charge on any atom is 0.308 e. The summed E-state index contributed by atoms with van der Waals surface area (Å²) in [5.41, 5.74) is 0. The van der Waals surface area contributed by atoms with E-state index < -0.39 is 0 Å². The Morgan fingerprint density at radius 2 is 2.14 bits per heavy atom. The molecule has 1 aliphatic carbocycles. The number of esters is 1. The molecule has 122 valence electrons. The monoisotopic (exact) mass is 298 g/mol. The van der Waals surface area contributed by atoms with Crippen molar-refractivity contribution in [1.82, 2.24) is 10.6 Å². The van der Waals surface area contributed by atoms with Crippen LogP contribution in [0.5, 0.6) is 0 Å². The minimum Gasteiger partial charge on any atom is -0.466 e. The summed E-state index contributed by atoms with van der Waals surface area (Å²) in [5, 5.41) is 7.21. The van der Waals surface area contributed by atoms with Gasteiger partial charge in [0.15, 0.2) is 0 Å². The van der Waals surface area contributed by atoms with E-state index in [2.05, 4.69) is 17.6 Å². The van der Waals surface area contributed by atoms with Crippen LogP contribution in [0.4, 0.5) is 0 Å². The molecule has 5 nitrogen and oxygen atoms in total. The largest absolute Gasteiger partial charge is 0.466 e. The molecule has 0 radical (unpaired) electrons. The molecule has 0 spiro atoms. The summed E-state index contributed by atoms with van der Waals surface area (Å²) < 4.78 is 10.6. The summed E-state index contributed by atoms with van der Waals surface area (Å²) in [7, 11) is 0. The molecule has 2 atom stereocenters. The molecule has 0 aromatic carbocycles. The topological polar surface area (TPSA) is 59.6 Å². The van der Waals surface area contributed by atoms with Crippen molar-refractivity contribution in [3.8, 4) is 0 Å². The van der Waals surface area contributed by atoms with Crippen LogP contribution in [0.25, 0.3) is 0 Å². The number of carbonyl (C=O) groups is 1. The summed E-state index contributed by atoms with van der Waals surface area (Å²) >= 11 is 0. The Morgan fingerprint density at radius 1 is 1.38 bits per heavy atom. The van der Waals surface area contributed by atoms with Crippen LogP contribution in [-0.2, 0) is 14.3 Å². The number of nitrogens with one attached hydrogen (secondary N) is 2. The molecule has 2 aliphatic rings. The Kier molecular flexibility index (Phi) is 6.93. The zero-order valence-electron chi connectivity index (χ0n) is 13.4. The van der Waals surface area contributed by atoms with Crippen molar-refractivity contribution in [1.29, 1.82) is 0 Å². The Hall–Kier alpha value is -0.650. The van der Waals surface area contributed by atoms with Crippen LogP contribution < -0.4 is 10.6 Å². The minimum absolute atomic E-state index is 0.00690. The number of rotatable bonds is 6. The predicted octanol–water partition coefficient (Wildman–Crippen LogP) is 1.46. The Morgan fingerprint density at radius 3 is 2.76 bits per heavy atom. The third-order valence-electron chi connectivity index (χ3n) is 4.50. The third kappa shape index (κ3) is 5.57. The van der Waals surface area contributed by atoms with Gasteiger partial charge < -0.3 is 20.1 Å². The molecule has 21 heavy (non-hydrogen) atoms. The molecule has 5 heteroatoms. The van der Waals surface area contributed by atoms with Crippen molar-refractivity contribution in [2.24, 2.45) is 5.92 Å². The van der Waals surface area contributed by atoms with E-state index in [-0.39, 0.29) is 11.9 Å². The lowest BCUT2D eigenvalue weighted by molar-refractivity contribution is -0.149. The normalized spacial score (nSPS) is 31.6. The summed E-state index contributed by atoms with van der Waals surface area (Å²) in [6.45, 7) is 7.22. The first-order chi connectivity index (χ1) is 10.2. The van der Waals surface area contributed by atoms with Crippen molar-refractivity contribution in [3.05, 3.63) is 0 Å². The van der Waals surface area contributed by atoms with Crippen LogP contribution in [0, 0.1) is 5.92 Å². The summed E-state index contributed by atoms with van der Waals surface area (Å²) in [5.74, 6) is 0.110. The number of morpholine rings is 1. The minimum atomic E-state index is -0.00690. The maximum absolute atomic E-state index is 11.7. The van der Waals surface area contributed by atoms with Gasteiger partial charge >= 0.3 is 5.97 Å². The molecule has 2 rings (SSSR count). The van der Waals surface area contributed by atoms with Gasteiger partial charge in [0.05, 0.1) is 25.7 Å². The van der Waals surface area contributed by atoms with E-state index in [4.69, 9.17) is 9.47 Å². The Balaban J connectivity index is 1.64. The van der Waals surface area contributed by atoms with E-state index in [1.807, 2.05) is 6.92 Å². The van der Waals surface area contributed by atoms with Crippen LogP contribution in [0.3, 0.4) is 0 Å². The van der Waals surface area contributed by atoms with Crippen LogP contribution in [0.1, 0.15) is 46.0 Å². The van der Waals surface area contributed by atoms with Crippen LogP contribution in [-0.4, -0.2) is 50.5 Å². The van der Waals surface area contributed by atoms with Crippen molar-refractivity contribution >= 4 is 5.97 Å². The second-order valence-electron chi connectivity index (χ2n) is 6.33. The lowest BCUT2D eigenvalue weighted by atomic mass is 9.85. The predicted molar refractivity (Wildman–Crippen MR) is 82.2 cm³/mol. The molecule has 0 amide bonds. The zero-order chi connectivity index (χ0) is 15.1. The van der Waals surface area contributed by atoms with E-state index in [9.17, 15) is 4.79 Å². The highest BCUT2D eigenvalue weighted by Crippen LogP contribution is 2.26. The first-order valence-electron chi connectivity index (χ1n) is 8.42. The van der Waals surface area contributed by atoms with Crippen LogP contribution >= 0.6 is 0 Å². The van der Waals surface area contributed by atoms with Gasteiger partial charge in [-0.05, 0) is 46.0 Å². The van der Waals surface area contributed by atoms with E-state index >= 15 is 0 Å². The van der Waals surface area contributed by atoms with Gasteiger partial charge in [-0.2, -0.15) is 0 Å². The summed E-state index contributed by atoms with van der Waals surface area (Å²) in [6.07, 6.45) is 5.14. The number of ether oxygens (including phenoxy) is 2. The first kappa shape index (κ1) is 16.7. The van der Waals surface area contributed by atoms with Gasteiger partial charge in [-0.25, -0.2) is 0 Å². The van der Waals surface area contributed by atoms with Gasteiger partial charge in [0.2, 0.25) is 0 Å². The van der Waals surface area contributed by atoms with Crippen LogP contribution in [0.15, 0.2) is 0 Å². The summed E-state index contributed by atoms with van der Waals surface area (Å²) in [4.78, 5) is 11.7. The van der Waals surface area contributed by atoms with Gasteiger partial charge in [0.25, 0.3) is 0 Å². The van der Waals surface area contributed by atoms with E-state index in [1.54, 1.807) is 0 Å². The smallest absolute Gasteiger partial charge is 0.308 e. The average Bonchev–Trinajstić information content (AvgIpc) is 2.49. The second kappa shape index (κ2) is 8.71. The third-order valence-corrected chi connectivity index (χ3v) is 4.50. The van der Waals surface area contributed by atoms with Crippen molar-refractivity contribution in [3.63, 3.8) is 0 Å². The Bertz CT molecular complexity index is 311. The zero-order valence-corrected chi connectivity index (χ0v) is 13.4. The molecule has 0 aromatic heterocycles. The van der Waals surface area contributed by atoms with Gasteiger partial charge in [-0.1, -0.05) is 0 Å². The van der Waals surface area contributed by atoms with Gasteiger partial charge in [-0.15, -0.1) is 0 Å². The molecule has 1 aliphatic heterocycles. The molecule has 2 unspecified atom stereocenters. The fraction of sp³-hybridized carbons (Fsp3) is 0.938. The molecule has 0 bridgehead atoms. The van der Waals surface area contributed by atoms with E-state index in [1.165, 1.54) is 0 Å². The lowest BCUT2D eigenvalue weighted by Gasteiger charge is -2.32. The fourth-order valence-electron chi connectivity index (χ4n) is 3.42. The number of hydrogen-bond donors (Lipinski definition) is 2. The van der Waals surface area contributed by atoms with Crippen molar-refractivity contribution in [2.45, 2.75) is 64.1 Å². The first-order valence-corrected chi connectivity index (χ1v) is 8.42. The van der Waals surface area contributed by atoms with Gasteiger partial charge in [0.1, 0.15) is 0 Å². The summed E-state index contributed by atoms with van der Waals surface area (Å²) in [6, 6.07) is 1.49. The molecule has 1 heterocycles. The fourth-order valence-corrected chi connectivity index (χ4v) is 3.42. The molecule has 2 fully saturated rings. The number of carbonyl (C=O) groups excluding carboxylic acids is 1. The highest BCUT2D eigenvalue weighted by atomic mass is 16.5. The van der Waals surface area contributed by atoms with Gasteiger partial charge in [0, 0.05) is 24.7 Å². The van der Waals surface area contributed by atoms with Crippen molar-refractivity contribution < 1.29 is 14.3 Å². The number of hydrogen-bond acceptors (Lipinski definition) is 5. The SMILES string of the molecule is CCOC(=O)C1CCC(NC(C)CC2COCCN2)CC1. The lowest BCUT2D eigenvalue weighted by Crippen LogP contribution is -2.47. The molecule has 0 aromatic rings. The van der Waals surface area contributed by atoms with E-state index in [0.717, 1.165) is 51.9 Å². The highest BCUT2D eigenvalue weighted by molar-refractivity contribution is 5.72. The quantitative estimate of drug-likeness (QED) is 0.727. The second-order valence-corrected chi connectivity index (χ2v) is 6.33. The van der Waals surface area contributed by atoms with Crippen molar-refractivity contribution in [2.75, 3.05) is 26.4 Å². The molecule has 2 N–H and O–H groups in total. The maximum atomic E-state index is 11.7.